The molecule has 0 aliphatic heterocycles. The fourth-order valence-corrected chi connectivity index (χ4v) is 1.94. The molecule has 0 heterocycles. The third-order valence-corrected chi connectivity index (χ3v) is 2.93. The Morgan fingerprint density at radius 3 is 2.50 bits per heavy atom. The van der Waals surface area contributed by atoms with Crippen LogP contribution in [0.3, 0.4) is 0 Å². The summed E-state index contributed by atoms with van der Waals surface area (Å²) in [5.41, 5.74) is 7.67. The van der Waals surface area contributed by atoms with Gasteiger partial charge in [-0.1, -0.05) is 24.3 Å². The van der Waals surface area contributed by atoms with Crippen molar-refractivity contribution in [1.82, 2.24) is 0 Å². The molecule has 0 aliphatic rings. The standard InChI is InChI=1S/C15H15FN2O2/c1-9(19)18-13-4-2-3-12(14(13)17)15(20)10-5-7-11(16)8-6-10/h2-8,15,20H,17H2,1H3,(H,18,19). The Morgan fingerprint density at radius 1 is 1.25 bits per heavy atom. The first-order valence-electron chi connectivity index (χ1n) is 6.08. The minimum Gasteiger partial charge on any atom is -0.397 e. The average molecular weight is 274 g/mol. The number of nitrogens with one attached hydrogen (secondary N) is 1. The van der Waals surface area contributed by atoms with Crippen LogP contribution in [0, 0.1) is 5.82 Å². The lowest BCUT2D eigenvalue weighted by atomic mass is 9.99. The Kier molecular flexibility index (Phi) is 4.00. The summed E-state index contributed by atoms with van der Waals surface area (Å²) in [6.45, 7) is 1.38. The number of benzene rings is 2. The van der Waals surface area contributed by atoms with Crippen LogP contribution >= 0.6 is 0 Å². The molecule has 0 bridgehead atoms. The van der Waals surface area contributed by atoms with Gasteiger partial charge in [-0.05, 0) is 23.8 Å². The number of hydrogen-bond donors (Lipinski definition) is 3. The summed E-state index contributed by atoms with van der Waals surface area (Å²) in [6, 6.07) is 10.5. The smallest absolute Gasteiger partial charge is 0.221 e. The SMILES string of the molecule is CC(=O)Nc1cccc(C(O)c2ccc(F)cc2)c1N. The molecule has 1 amide bonds. The van der Waals surface area contributed by atoms with E-state index in [9.17, 15) is 14.3 Å². The van der Waals surface area contributed by atoms with Crippen LogP contribution in [0.2, 0.25) is 0 Å². The fourth-order valence-electron chi connectivity index (χ4n) is 1.94. The number of halogens is 1. The number of para-hydroxylation sites is 1. The molecule has 0 fully saturated rings. The molecule has 0 saturated heterocycles. The second-order valence-corrected chi connectivity index (χ2v) is 4.44. The first-order valence-corrected chi connectivity index (χ1v) is 6.08. The van der Waals surface area contributed by atoms with E-state index < -0.39 is 6.10 Å². The summed E-state index contributed by atoms with van der Waals surface area (Å²) >= 11 is 0. The highest BCUT2D eigenvalue weighted by Crippen LogP contribution is 2.31. The van der Waals surface area contributed by atoms with E-state index in [2.05, 4.69) is 5.32 Å². The monoisotopic (exact) mass is 274 g/mol. The van der Waals surface area contributed by atoms with Gasteiger partial charge in [0.2, 0.25) is 5.91 Å². The van der Waals surface area contributed by atoms with E-state index in [1.54, 1.807) is 18.2 Å². The number of carbonyl (C=O) groups is 1. The molecular weight excluding hydrogens is 259 g/mol. The Bertz CT molecular complexity index is 626. The molecule has 4 N–H and O–H groups in total. The van der Waals surface area contributed by atoms with E-state index in [0.717, 1.165) is 0 Å². The zero-order valence-corrected chi connectivity index (χ0v) is 10.9. The van der Waals surface area contributed by atoms with Gasteiger partial charge in [-0.2, -0.15) is 0 Å². The van der Waals surface area contributed by atoms with Crippen LogP contribution < -0.4 is 11.1 Å². The summed E-state index contributed by atoms with van der Waals surface area (Å²) in [5.74, 6) is -0.619. The van der Waals surface area contributed by atoms with Crippen LogP contribution in [0.1, 0.15) is 24.2 Å². The highest BCUT2D eigenvalue weighted by molar-refractivity contribution is 5.92. The maximum Gasteiger partial charge on any atom is 0.221 e. The van der Waals surface area contributed by atoms with Gasteiger partial charge in [0.15, 0.2) is 0 Å². The average Bonchev–Trinajstić information content (AvgIpc) is 2.41. The number of aliphatic hydroxyl groups is 1. The van der Waals surface area contributed by atoms with Crippen molar-refractivity contribution < 1.29 is 14.3 Å². The molecule has 0 aromatic heterocycles. The molecule has 104 valence electrons. The number of amides is 1. The van der Waals surface area contributed by atoms with Gasteiger partial charge in [-0.15, -0.1) is 0 Å². The second kappa shape index (κ2) is 5.71. The van der Waals surface area contributed by atoms with Gasteiger partial charge in [0, 0.05) is 12.5 Å². The van der Waals surface area contributed by atoms with E-state index in [1.165, 1.54) is 31.2 Å². The van der Waals surface area contributed by atoms with Crippen LogP contribution in [0.25, 0.3) is 0 Å². The van der Waals surface area contributed by atoms with E-state index in [0.29, 0.717) is 22.5 Å². The topological polar surface area (TPSA) is 75.3 Å². The Labute approximate surface area is 116 Å². The molecule has 0 aliphatic carbocycles. The van der Waals surface area contributed by atoms with Crippen LogP contribution in [-0.4, -0.2) is 11.0 Å². The first kappa shape index (κ1) is 14.0. The van der Waals surface area contributed by atoms with E-state index in [4.69, 9.17) is 5.73 Å². The third-order valence-electron chi connectivity index (χ3n) is 2.93. The molecule has 20 heavy (non-hydrogen) atoms. The predicted octanol–water partition coefficient (Wildman–Crippen LogP) is 2.45. The minimum atomic E-state index is -0.982. The van der Waals surface area contributed by atoms with E-state index in [1.807, 2.05) is 0 Å². The largest absolute Gasteiger partial charge is 0.397 e. The number of hydrogen-bond acceptors (Lipinski definition) is 3. The normalized spacial score (nSPS) is 11.9. The third kappa shape index (κ3) is 2.95. The number of rotatable bonds is 3. The molecule has 2 aromatic carbocycles. The number of nitrogens with two attached hydrogens (primary N) is 1. The highest BCUT2D eigenvalue weighted by Gasteiger charge is 2.16. The van der Waals surface area contributed by atoms with E-state index >= 15 is 0 Å². The molecule has 5 heteroatoms. The summed E-state index contributed by atoms with van der Waals surface area (Å²) in [5, 5.41) is 12.9. The summed E-state index contributed by atoms with van der Waals surface area (Å²) in [7, 11) is 0. The molecule has 2 rings (SSSR count). The van der Waals surface area contributed by atoms with E-state index in [-0.39, 0.29) is 11.7 Å². The van der Waals surface area contributed by atoms with Crippen molar-refractivity contribution in [2.24, 2.45) is 0 Å². The van der Waals surface area contributed by atoms with Crippen LogP contribution in [-0.2, 0) is 4.79 Å². The highest BCUT2D eigenvalue weighted by atomic mass is 19.1. The lowest BCUT2D eigenvalue weighted by molar-refractivity contribution is -0.114. The predicted molar refractivity (Wildman–Crippen MR) is 75.6 cm³/mol. The molecule has 0 spiro atoms. The molecule has 1 unspecified atom stereocenters. The van der Waals surface area contributed by atoms with Gasteiger partial charge in [-0.3, -0.25) is 4.79 Å². The Balaban J connectivity index is 2.37. The van der Waals surface area contributed by atoms with Gasteiger partial charge in [0.25, 0.3) is 0 Å². The molecule has 2 aromatic rings. The zero-order valence-electron chi connectivity index (χ0n) is 10.9. The summed E-state index contributed by atoms with van der Waals surface area (Å²) in [6.07, 6.45) is -0.982. The molecular formula is C15H15FN2O2. The van der Waals surface area contributed by atoms with Crippen molar-refractivity contribution >= 4 is 17.3 Å². The van der Waals surface area contributed by atoms with Gasteiger partial charge in [0.05, 0.1) is 11.4 Å². The number of carbonyl (C=O) groups excluding carboxylic acids is 1. The summed E-state index contributed by atoms with van der Waals surface area (Å²) < 4.78 is 12.9. The van der Waals surface area contributed by atoms with Crippen molar-refractivity contribution in [3.8, 4) is 0 Å². The Hall–Kier alpha value is -2.40. The van der Waals surface area contributed by atoms with Gasteiger partial charge in [-0.25, -0.2) is 4.39 Å². The lowest BCUT2D eigenvalue weighted by Crippen LogP contribution is -2.11. The minimum absolute atomic E-state index is 0.245. The van der Waals surface area contributed by atoms with Crippen molar-refractivity contribution in [1.29, 1.82) is 0 Å². The maximum atomic E-state index is 12.9. The first-order chi connectivity index (χ1) is 9.49. The zero-order chi connectivity index (χ0) is 14.7. The second-order valence-electron chi connectivity index (χ2n) is 4.44. The Morgan fingerprint density at radius 2 is 1.90 bits per heavy atom. The molecule has 0 radical (unpaired) electrons. The molecule has 0 saturated carbocycles. The molecule has 1 atom stereocenters. The van der Waals surface area contributed by atoms with Crippen LogP contribution in [0.5, 0.6) is 0 Å². The van der Waals surface area contributed by atoms with Crippen LogP contribution in [0.15, 0.2) is 42.5 Å². The lowest BCUT2D eigenvalue weighted by Gasteiger charge is -2.16. The maximum absolute atomic E-state index is 12.9. The van der Waals surface area contributed by atoms with Gasteiger partial charge >= 0.3 is 0 Å². The van der Waals surface area contributed by atoms with Crippen molar-refractivity contribution in [3.05, 3.63) is 59.4 Å². The van der Waals surface area contributed by atoms with Gasteiger partial charge in [0.1, 0.15) is 11.9 Å². The summed E-state index contributed by atoms with van der Waals surface area (Å²) in [4.78, 5) is 11.1. The molecule has 4 nitrogen and oxygen atoms in total. The number of aliphatic hydroxyl groups excluding tert-OH is 1. The van der Waals surface area contributed by atoms with Crippen molar-refractivity contribution in [2.75, 3.05) is 11.1 Å². The van der Waals surface area contributed by atoms with Crippen molar-refractivity contribution in [2.45, 2.75) is 13.0 Å². The van der Waals surface area contributed by atoms with Gasteiger partial charge < -0.3 is 16.2 Å². The quantitative estimate of drug-likeness (QED) is 0.752. The van der Waals surface area contributed by atoms with Crippen LogP contribution in [0.4, 0.5) is 15.8 Å². The fraction of sp³-hybridized carbons (Fsp3) is 0.133. The van der Waals surface area contributed by atoms with Crippen molar-refractivity contribution in [3.63, 3.8) is 0 Å². The number of nitrogen functional groups attached to an aromatic ring is 1. The number of anilines is 2.